The topological polar surface area (TPSA) is 54.9 Å². The smallest absolute Gasteiger partial charge is 0.156 e. The highest BCUT2D eigenvalue weighted by atomic mass is 35.5. The van der Waals surface area contributed by atoms with Crippen molar-refractivity contribution in [3.8, 4) is 0 Å². The van der Waals surface area contributed by atoms with Crippen LogP contribution in [0.2, 0.25) is 5.15 Å². The molecule has 4 nitrogen and oxygen atoms in total. The summed E-state index contributed by atoms with van der Waals surface area (Å²) in [6, 6.07) is 0. The van der Waals surface area contributed by atoms with Gasteiger partial charge in [-0.2, -0.15) is 0 Å². The first-order valence-corrected chi connectivity index (χ1v) is 5.88. The Morgan fingerprint density at radius 3 is 2.94 bits per heavy atom. The molecule has 0 radical (unpaired) electrons. The minimum absolute atomic E-state index is 0.205. The van der Waals surface area contributed by atoms with Gasteiger partial charge in [0.25, 0.3) is 0 Å². The van der Waals surface area contributed by atoms with E-state index in [1.54, 1.807) is 0 Å². The molecule has 1 aliphatic carbocycles. The van der Waals surface area contributed by atoms with E-state index in [0.717, 1.165) is 18.9 Å². The number of carbonyl (C=O) groups is 1. The summed E-state index contributed by atoms with van der Waals surface area (Å²) in [7, 11) is 0. The summed E-state index contributed by atoms with van der Waals surface area (Å²) in [5.41, 5.74) is 0.345. The highest BCUT2D eigenvalue weighted by molar-refractivity contribution is 6.32. The van der Waals surface area contributed by atoms with Crippen molar-refractivity contribution in [3.63, 3.8) is 0 Å². The summed E-state index contributed by atoms with van der Waals surface area (Å²) < 4.78 is 0. The number of anilines is 1. The third kappa shape index (κ3) is 2.50. The fourth-order valence-corrected chi connectivity index (χ4v) is 1.97. The first kappa shape index (κ1) is 11.3. The lowest BCUT2D eigenvalue weighted by Crippen LogP contribution is -2.16. The van der Waals surface area contributed by atoms with Gasteiger partial charge in [-0.1, -0.05) is 30.9 Å². The lowest BCUT2D eigenvalue weighted by atomic mass is 9.83. The molecule has 86 valence electrons. The number of halogens is 1. The van der Waals surface area contributed by atoms with Crippen LogP contribution in [0, 0.1) is 5.92 Å². The number of hydrogen-bond acceptors (Lipinski definition) is 4. The van der Waals surface area contributed by atoms with Crippen LogP contribution in [-0.4, -0.2) is 22.8 Å². The molecule has 5 heteroatoms. The van der Waals surface area contributed by atoms with Gasteiger partial charge in [0.1, 0.15) is 17.3 Å². The largest absolute Gasteiger partial charge is 0.369 e. The standard InChI is InChI=1S/C11H14ClN3O/c12-10-9(6-16)11(15-7-14-10)13-5-4-8-2-1-3-8/h6-8H,1-5H2,(H,13,14,15). The van der Waals surface area contributed by atoms with Gasteiger partial charge < -0.3 is 5.32 Å². The Morgan fingerprint density at radius 2 is 2.31 bits per heavy atom. The number of rotatable bonds is 5. The van der Waals surface area contributed by atoms with Crippen molar-refractivity contribution in [2.75, 3.05) is 11.9 Å². The number of nitrogens with zero attached hydrogens (tertiary/aromatic N) is 2. The van der Waals surface area contributed by atoms with Gasteiger partial charge in [0.15, 0.2) is 6.29 Å². The van der Waals surface area contributed by atoms with Crippen LogP contribution in [-0.2, 0) is 0 Å². The molecule has 0 aromatic carbocycles. The van der Waals surface area contributed by atoms with E-state index in [-0.39, 0.29) is 5.15 Å². The van der Waals surface area contributed by atoms with Gasteiger partial charge in [-0.25, -0.2) is 9.97 Å². The second-order valence-electron chi connectivity index (χ2n) is 4.06. The normalized spacial score (nSPS) is 15.6. The molecule has 0 saturated heterocycles. The van der Waals surface area contributed by atoms with Crippen molar-refractivity contribution in [3.05, 3.63) is 17.0 Å². The maximum Gasteiger partial charge on any atom is 0.156 e. The molecule has 1 saturated carbocycles. The molecule has 1 fully saturated rings. The first-order valence-electron chi connectivity index (χ1n) is 5.51. The molecule has 1 aromatic rings. The Labute approximate surface area is 99.4 Å². The number of aromatic nitrogens is 2. The summed E-state index contributed by atoms with van der Waals surface area (Å²) in [6.07, 6.45) is 7.18. The van der Waals surface area contributed by atoms with E-state index < -0.39 is 0 Å². The predicted octanol–water partition coefficient (Wildman–Crippen LogP) is 2.54. The van der Waals surface area contributed by atoms with E-state index in [2.05, 4.69) is 15.3 Å². The van der Waals surface area contributed by atoms with Crippen molar-refractivity contribution < 1.29 is 4.79 Å². The van der Waals surface area contributed by atoms with Crippen LogP contribution < -0.4 is 5.32 Å². The Hall–Kier alpha value is -1.16. The van der Waals surface area contributed by atoms with Crippen LogP contribution in [0.15, 0.2) is 6.33 Å². The van der Waals surface area contributed by atoms with Crippen molar-refractivity contribution in [1.82, 2.24) is 9.97 Å². The number of nitrogens with one attached hydrogen (secondary N) is 1. The Balaban J connectivity index is 1.92. The third-order valence-corrected chi connectivity index (χ3v) is 3.32. The van der Waals surface area contributed by atoms with Crippen molar-refractivity contribution >= 4 is 23.7 Å². The summed E-state index contributed by atoms with van der Waals surface area (Å²) in [5, 5.41) is 3.34. The average Bonchev–Trinajstić information content (AvgIpc) is 2.22. The Morgan fingerprint density at radius 1 is 1.50 bits per heavy atom. The van der Waals surface area contributed by atoms with E-state index in [1.165, 1.54) is 25.6 Å². The number of hydrogen-bond donors (Lipinski definition) is 1. The van der Waals surface area contributed by atoms with Crippen molar-refractivity contribution in [2.24, 2.45) is 5.92 Å². The maximum atomic E-state index is 10.8. The van der Waals surface area contributed by atoms with Crippen molar-refractivity contribution in [1.29, 1.82) is 0 Å². The summed E-state index contributed by atoms with van der Waals surface area (Å²) in [6.45, 7) is 0.832. The molecule has 1 N–H and O–H groups in total. The van der Waals surface area contributed by atoms with Gasteiger partial charge in [0.2, 0.25) is 0 Å². The number of aldehydes is 1. The van der Waals surface area contributed by atoms with Crippen LogP contribution in [0.25, 0.3) is 0 Å². The summed E-state index contributed by atoms with van der Waals surface area (Å²) >= 11 is 5.79. The zero-order chi connectivity index (χ0) is 11.4. The van der Waals surface area contributed by atoms with Gasteiger partial charge in [-0.05, 0) is 12.3 Å². The molecule has 0 atom stereocenters. The van der Waals surface area contributed by atoms with Gasteiger partial charge in [-0.15, -0.1) is 0 Å². The van der Waals surface area contributed by atoms with Gasteiger partial charge in [-0.3, -0.25) is 4.79 Å². The molecule has 0 spiro atoms. The fourth-order valence-electron chi connectivity index (χ4n) is 1.80. The molecular formula is C11H14ClN3O. The zero-order valence-corrected chi connectivity index (χ0v) is 9.70. The Kier molecular flexibility index (Phi) is 3.72. The second kappa shape index (κ2) is 5.25. The molecule has 0 aliphatic heterocycles. The van der Waals surface area contributed by atoms with Crippen molar-refractivity contribution in [2.45, 2.75) is 25.7 Å². The minimum Gasteiger partial charge on any atom is -0.369 e. The van der Waals surface area contributed by atoms with Crippen LogP contribution in [0.5, 0.6) is 0 Å². The quantitative estimate of drug-likeness (QED) is 0.634. The second-order valence-corrected chi connectivity index (χ2v) is 4.42. The average molecular weight is 240 g/mol. The Bertz CT molecular complexity index is 379. The van der Waals surface area contributed by atoms with Gasteiger partial charge in [0.05, 0.1) is 5.56 Å². The lowest BCUT2D eigenvalue weighted by Gasteiger charge is -2.25. The molecule has 1 aliphatic rings. The van der Waals surface area contributed by atoms with Crippen LogP contribution in [0.1, 0.15) is 36.0 Å². The molecule has 1 aromatic heterocycles. The SMILES string of the molecule is O=Cc1c(Cl)ncnc1NCCC1CCC1. The molecule has 0 bridgehead atoms. The molecule has 0 unspecified atom stereocenters. The molecule has 2 rings (SSSR count). The first-order chi connectivity index (χ1) is 7.81. The lowest BCUT2D eigenvalue weighted by molar-refractivity contribution is 0.112. The van der Waals surface area contributed by atoms with E-state index in [4.69, 9.17) is 11.6 Å². The number of carbonyl (C=O) groups excluding carboxylic acids is 1. The van der Waals surface area contributed by atoms with E-state index in [1.807, 2.05) is 0 Å². The van der Waals surface area contributed by atoms with E-state index >= 15 is 0 Å². The van der Waals surface area contributed by atoms with Crippen LogP contribution >= 0.6 is 11.6 Å². The maximum absolute atomic E-state index is 10.8. The highest BCUT2D eigenvalue weighted by Crippen LogP contribution is 2.29. The zero-order valence-electron chi connectivity index (χ0n) is 8.95. The van der Waals surface area contributed by atoms with Crippen LogP contribution in [0.4, 0.5) is 5.82 Å². The van der Waals surface area contributed by atoms with E-state index in [0.29, 0.717) is 17.7 Å². The summed E-state index contributed by atoms with van der Waals surface area (Å²) in [5.74, 6) is 1.37. The fraction of sp³-hybridized carbons (Fsp3) is 0.545. The minimum atomic E-state index is 0.205. The monoisotopic (exact) mass is 239 g/mol. The molecular weight excluding hydrogens is 226 g/mol. The van der Waals surface area contributed by atoms with Gasteiger partial charge >= 0.3 is 0 Å². The molecule has 0 amide bonds. The van der Waals surface area contributed by atoms with Gasteiger partial charge in [0, 0.05) is 6.54 Å². The van der Waals surface area contributed by atoms with Crippen LogP contribution in [0.3, 0.4) is 0 Å². The molecule has 1 heterocycles. The predicted molar refractivity (Wildman–Crippen MR) is 62.9 cm³/mol. The summed E-state index contributed by atoms with van der Waals surface area (Å²) in [4.78, 5) is 18.6. The van der Waals surface area contributed by atoms with E-state index in [9.17, 15) is 4.79 Å². The highest BCUT2D eigenvalue weighted by Gasteiger charge is 2.17. The third-order valence-electron chi connectivity index (χ3n) is 3.02. The molecule has 16 heavy (non-hydrogen) atoms.